The fourth-order valence-electron chi connectivity index (χ4n) is 4.81. The van der Waals surface area contributed by atoms with E-state index in [0.717, 1.165) is 6.07 Å². The van der Waals surface area contributed by atoms with Crippen molar-refractivity contribution in [2.45, 2.75) is 32.9 Å². The molecule has 2 saturated heterocycles. The van der Waals surface area contributed by atoms with Crippen LogP contribution < -0.4 is 10.2 Å². The van der Waals surface area contributed by atoms with Gasteiger partial charge >= 0.3 is 6.18 Å². The van der Waals surface area contributed by atoms with Gasteiger partial charge in [0.05, 0.1) is 23.1 Å². The molecular weight excluding hydrogens is 409 g/mol. The number of hydrogen-bond donors (Lipinski definition) is 1. The van der Waals surface area contributed by atoms with E-state index in [2.05, 4.69) is 5.32 Å². The van der Waals surface area contributed by atoms with E-state index in [-0.39, 0.29) is 17.7 Å². The molecule has 1 N–H and O–H groups in total. The number of benzene rings is 1. The van der Waals surface area contributed by atoms with E-state index in [0.29, 0.717) is 44.7 Å². The average Bonchev–Trinajstić information content (AvgIpc) is 3.10. The minimum Gasteiger partial charge on any atom is -0.370 e. The fourth-order valence-corrected chi connectivity index (χ4v) is 4.81. The first-order chi connectivity index (χ1) is 14.5. The maximum absolute atomic E-state index is 13.4. The van der Waals surface area contributed by atoms with Crippen LogP contribution in [0.5, 0.6) is 0 Å². The van der Waals surface area contributed by atoms with Gasteiger partial charge < -0.3 is 15.1 Å². The monoisotopic (exact) mass is 436 g/mol. The molecule has 2 fully saturated rings. The van der Waals surface area contributed by atoms with E-state index in [4.69, 9.17) is 5.26 Å². The Morgan fingerprint density at radius 3 is 2.42 bits per heavy atom. The first kappa shape index (κ1) is 22.9. The van der Waals surface area contributed by atoms with Gasteiger partial charge in [-0.15, -0.1) is 0 Å². The number of carbonyl (C=O) groups is 2. The normalized spacial score (nSPS) is 20.8. The van der Waals surface area contributed by atoms with E-state index in [1.165, 1.54) is 12.1 Å². The summed E-state index contributed by atoms with van der Waals surface area (Å²) in [6, 6.07) is 5.28. The Kier molecular flexibility index (Phi) is 6.21. The van der Waals surface area contributed by atoms with Crippen LogP contribution in [0.3, 0.4) is 0 Å². The summed E-state index contributed by atoms with van der Waals surface area (Å²) in [5, 5.41) is 11.7. The van der Waals surface area contributed by atoms with Gasteiger partial charge in [-0.1, -0.05) is 13.8 Å². The Morgan fingerprint density at radius 1 is 1.26 bits per heavy atom. The molecule has 1 spiro atoms. The summed E-state index contributed by atoms with van der Waals surface area (Å²) in [6.45, 7) is 5.47. The SMILES string of the molecule is CNC(=O)C1CN(c2ccc(C#N)c(C(F)(F)F)c2)CC12CCN(C(=O)C(C)C)CC2. The van der Waals surface area contributed by atoms with Gasteiger partial charge in [0.1, 0.15) is 0 Å². The highest BCUT2D eigenvalue weighted by Crippen LogP contribution is 2.47. The Labute approximate surface area is 180 Å². The van der Waals surface area contributed by atoms with Crippen molar-refractivity contribution in [3.8, 4) is 6.07 Å². The lowest BCUT2D eigenvalue weighted by Gasteiger charge is -2.42. The molecule has 2 aliphatic rings. The van der Waals surface area contributed by atoms with Crippen molar-refractivity contribution in [3.05, 3.63) is 29.3 Å². The summed E-state index contributed by atoms with van der Waals surface area (Å²) in [5.41, 5.74) is -1.46. The fraction of sp³-hybridized carbons (Fsp3) is 0.591. The number of carbonyl (C=O) groups excluding carboxylic acids is 2. The molecule has 168 valence electrons. The molecule has 1 unspecified atom stereocenters. The average molecular weight is 436 g/mol. The molecule has 31 heavy (non-hydrogen) atoms. The molecule has 0 saturated carbocycles. The standard InChI is InChI=1S/C22H27F3N4O2/c1-14(2)20(31)28-8-6-21(7-9-28)13-29(12-18(21)19(30)27-3)16-5-4-15(11-26)17(10-16)22(23,24)25/h4-5,10,14,18H,6-9,12-13H2,1-3H3,(H,27,30). The third-order valence-electron chi connectivity index (χ3n) is 6.57. The van der Waals surface area contributed by atoms with Crippen molar-refractivity contribution in [1.82, 2.24) is 10.2 Å². The largest absolute Gasteiger partial charge is 0.417 e. The number of nitriles is 1. The topological polar surface area (TPSA) is 76.4 Å². The van der Waals surface area contributed by atoms with E-state index in [9.17, 15) is 22.8 Å². The lowest BCUT2D eigenvalue weighted by Crippen LogP contribution is -2.50. The minimum absolute atomic E-state index is 0.0723. The van der Waals surface area contributed by atoms with E-state index in [1.807, 2.05) is 18.7 Å². The Morgan fingerprint density at radius 2 is 1.90 bits per heavy atom. The number of likely N-dealkylation sites (tertiary alicyclic amines) is 1. The van der Waals surface area contributed by atoms with Crippen molar-refractivity contribution in [2.24, 2.45) is 17.3 Å². The van der Waals surface area contributed by atoms with Crippen molar-refractivity contribution >= 4 is 17.5 Å². The molecule has 0 bridgehead atoms. The van der Waals surface area contributed by atoms with Crippen LogP contribution in [0, 0.1) is 28.6 Å². The molecule has 3 rings (SSSR count). The van der Waals surface area contributed by atoms with Gasteiger partial charge in [-0.25, -0.2) is 0 Å². The van der Waals surface area contributed by atoms with Crippen molar-refractivity contribution < 1.29 is 22.8 Å². The zero-order valence-electron chi connectivity index (χ0n) is 17.9. The Hall–Kier alpha value is -2.76. The Bertz CT molecular complexity index is 899. The van der Waals surface area contributed by atoms with Gasteiger partial charge in [0.2, 0.25) is 11.8 Å². The van der Waals surface area contributed by atoms with E-state index in [1.54, 1.807) is 18.0 Å². The minimum atomic E-state index is -4.64. The maximum Gasteiger partial charge on any atom is 0.417 e. The van der Waals surface area contributed by atoms with E-state index < -0.39 is 28.6 Å². The summed E-state index contributed by atoms with van der Waals surface area (Å²) < 4.78 is 40.3. The second kappa shape index (κ2) is 8.40. The molecule has 2 amide bonds. The van der Waals surface area contributed by atoms with Crippen molar-refractivity contribution in [2.75, 3.05) is 38.1 Å². The zero-order valence-corrected chi connectivity index (χ0v) is 17.9. The summed E-state index contributed by atoms with van der Waals surface area (Å²) >= 11 is 0. The number of alkyl halides is 3. The van der Waals surface area contributed by atoms with Gasteiger partial charge in [0.15, 0.2) is 0 Å². The van der Waals surface area contributed by atoms with Crippen LogP contribution in [0.2, 0.25) is 0 Å². The predicted molar refractivity (Wildman–Crippen MR) is 109 cm³/mol. The molecule has 0 radical (unpaired) electrons. The number of amides is 2. The highest BCUT2D eigenvalue weighted by atomic mass is 19.4. The van der Waals surface area contributed by atoms with Crippen LogP contribution in [0.1, 0.15) is 37.8 Å². The predicted octanol–water partition coefficient (Wildman–Crippen LogP) is 3.02. The number of piperidine rings is 1. The van der Waals surface area contributed by atoms with Gasteiger partial charge in [0, 0.05) is 50.2 Å². The maximum atomic E-state index is 13.4. The number of nitrogens with zero attached hydrogens (tertiary/aromatic N) is 3. The number of rotatable bonds is 3. The number of halogens is 3. The van der Waals surface area contributed by atoms with Crippen LogP contribution in [-0.2, 0) is 15.8 Å². The van der Waals surface area contributed by atoms with Crippen LogP contribution in [0.4, 0.5) is 18.9 Å². The van der Waals surface area contributed by atoms with E-state index >= 15 is 0 Å². The second-order valence-electron chi connectivity index (χ2n) is 8.73. The lowest BCUT2D eigenvalue weighted by molar-refractivity contribution is -0.138. The first-order valence-electron chi connectivity index (χ1n) is 10.4. The molecule has 1 aromatic carbocycles. The molecule has 0 aromatic heterocycles. The summed E-state index contributed by atoms with van der Waals surface area (Å²) in [7, 11) is 1.56. The van der Waals surface area contributed by atoms with Crippen molar-refractivity contribution in [1.29, 1.82) is 5.26 Å². The highest BCUT2D eigenvalue weighted by Gasteiger charge is 2.51. The first-order valence-corrected chi connectivity index (χ1v) is 10.4. The number of nitrogens with one attached hydrogen (secondary N) is 1. The second-order valence-corrected chi connectivity index (χ2v) is 8.73. The zero-order chi connectivity index (χ0) is 23.0. The van der Waals surface area contributed by atoms with Crippen LogP contribution in [0.15, 0.2) is 18.2 Å². The molecular formula is C22H27F3N4O2. The smallest absolute Gasteiger partial charge is 0.370 e. The molecule has 1 aromatic rings. The van der Waals surface area contributed by atoms with Gasteiger partial charge in [-0.05, 0) is 31.0 Å². The number of hydrogen-bond acceptors (Lipinski definition) is 4. The van der Waals surface area contributed by atoms with Gasteiger partial charge in [0.25, 0.3) is 0 Å². The molecule has 6 nitrogen and oxygen atoms in total. The number of anilines is 1. The molecule has 0 aliphatic carbocycles. The summed E-state index contributed by atoms with van der Waals surface area (Å²) in [5.74, 6) is -0.569. The third kappa shape index (κ3) is 4.34. The van der Waals surface area contributed by atoms with Crippen molar-refractivity contribution in [3.63, 3.8) is 0 Å². The lowest BCUT2D eigenvalue weighted by atomic mass is 9.70. The van der Waals surface area contributed by atoms with Gasteiger partial charge in [-0.3, -0.25) is 9.59 Å². The third-order valence-corrected chi connectivity index (χ3v) is 6.57. The summed E-state index contributed by atoms with van der Waals surface area (Å²) in [4.78, 5) is 28.6. The van der Waals surface area contributed by atoms with Crippen LogP contribution >= 0.6 is 0 Å². The molecule has 2 aliphatic heterocycles. The van der Waals surface area contributed by atoms with Gasteiger partial charge in [-0.2, -0.15) is 18.4 Å². The molecule has 2 heterocycles. The van der Waals surface area contributed by atoms with Crippen LogP contribution in [0.25, 0.3) is 0 Å². The Balaban J connectivity index is 1.89. The quantitative estimate of drug-likeness (QED) is 0.790. The molecule has 1 atom stereocenters. The van der Waals surface area contributed by atoms with Crippen LogP contribution in [-0.4, -0.2) is 49.9 Å². The highest BCUT2D eigenvalue weighted by molar-refractivity contribution is 5.81. The molecule has 9 heteroatoms. The summed E-state index contributed by atoms with van der Waals surface area (Å²) in [6.07, 6.45) is -3.41.